The van der Waals surface area contributed by atoms with E-state index in [0.29, 0.717) is 11.3 Å². The average molecular weight is 448 g/mol. The lowest BCUT2D eigenvalue weighted by Crippen LogP contribution is -2.57. The molecule has 1 fully saturated rings. The molecule has 0 aromatic heterocycles. The summed E-state index contributed by atoms with van der Waals surface area (Å²) in [6, 6.07) is 16.5. The Morgan fingerprint density at radius 2 is 1.73 bits per heavy atom. The molecule has 3 aliphatic rings. The fourth-order valence-electron chi connectivity index (χ4n) is 3.95. The standard InChI is InChI=1S/C21H21NO6S2/c1-12-16(23)17(24)19-20(27-12)28-18-14-9-5-6-10-15(14)22(30(25,26)21(18)29-19)11-13-7-3-2-4-8-13/h2-10,12,16-17,19-20,23-24H,11H2,1H3. The van der Waals surface area contributed by atoms with Crippen molar-refractivity contribution in [3.05, 3.63) is 70.0 Å². The van der Waals surface area contributed by atoms with Crippen LogP contribution in [0.25, 0.3) is 5.76 Å². The summed E-state index contributed by atoms with van der Waals surface area (Å²) < 4.78 is 40.4. The molecule has 0 spiro atoms. The Labute approximate surface area is 179 Å². The predicted molar refractivity (Wildman–Crippen MR) is 114 cm³/mol. The van der Waals surface area contributed by atoms with Crippen LogP contribution >= 0.6 is 11.8 Å². The number of hydrogen-bond donors (Lipinski definition) is 2. The zero-order valence-electron chi connectivity index (χ0n) is 16.1. The van der Waals surface area contributed by atoms with E-state index in [2.05, 4.69) is 0 Å². The van der Waals surface area contributed by atoms with Crippen LogP contribution in [0.3, 0.4) is 0 Å². The number of benzene rings is 2. The third kappa shape index (κ3) is 3.04. The Hall–Kier alpha value is -2.04. The molecule has 5 atom stereocenters. The average Bonchev–Trinajstić information content (AvgIpc) is 2.75. The molecule has 9 heteroatoms. The first-order chi connectivity index (χ1) is 14.4. The van der Waals surface area contributed by atoms with Gasteiger partial charge in [-0.2, -0.15) is 0 Å². The minimum absolute atomic E-state index is 0.0304. The Morgan fingerprint density at radius 1 is 1.03 bits per heavy atom. The van der Waals surface area contributed by atoms with Crippen molar-refractivity contribution >= 4 is 33.2 Å². The largest absolute Gasteiger partial charge is 0.461 e. The van der Waals surface area contributed by atoms with Crippen molar-refractivity contribution in [2.45, 2.75) is 43.3 Å². The highest BCUT2D eigenvalue weighted by atomic mass is 32.3. The molecule has 0 bridgehead atoms. The first-order valence-electron chi connectivity index (χ1n) is 9.63. The van der Waals surface area contributed by atoms with Gasteiger partial charge in [-0.3, -0.25) is 4.31 Å². The lowest BCUT2D eigenvalue weighted by molar-refractivity contribution is -0.220. The number of hydrogen-bond acceptors (Lipinski definition) is 7. The van der Waals surface area contributed by atoms with Crippen LogP contribution in [-0.2, 0) is 26.0 Å². The maximum Gasteiger partial charge on any atom is 0.274 e. The van der Waals surface area contributed by atoms with E-state index < -0.39 is 39.9 Å². The number of aliphatic hydroxyl groups is 2. The number of nitrogens with zero attached hydrogens (tertiary/aromatic N) is 1. The van der Waals surface area contributed by atoms with E-state index >= 15 is 0 Å². The quantitative estimate of drug-likeness (QED) is 0.729. The fraction of sp³-hybridized carbons (Fsp3) is 0.333. The minimum atomic E-state index is -3.94. The van der Waals surface area contributed by atoms with Crippen molar-refractivity contribution in [3.8, 4) is 0 Å². The molecule has 0 radical (unpaired) electrons. The molecule has 0 amide bonds. The topological polar surface area (TPSA) is 96.3 Å². The number of aliphatic hydroxyl groups excluding tert-OH is 2. The zero-order chi connectivity index (χ0) is 21.0. The van der Waals surface area contributed by atoms with Gasteiger partial charge in [-0.15, -0.1) is 0 Å². The molecule has 7 nitrogen and oxygen atoms in total. The smallest absolute Gasteiger partial charge is 0.274 e. The van der Waals surface area contributed by atoms with Crippen LogP contribution in [0.1, 0.15) is 18.1 Å². The highest BCUT2D eigenvalue weighted by molar-refractivity contribution is 8.19. The molecule has 3 aliphatic heterocycles. The Balaban J connectivity index is 1.61. The molecular formula is C21H21NO6S2. The van der Waals surface area contributed by atoms with E-state index in [0.717, 1.165) is 17.3 Å². The minimum Gasteiger partial charge on any atom is -0.461 e. The van der Waals surface area contributed by atoms with Crippen molar-refractivity contribution in [3.63, 3.8) is 0 Å². The summed E-state index contributed by atoms with van der Waals surface area (Å²) in [4.78, 5) is 0. The zero-order valence-corrected chi connectivity index (χ0v) is 17.7. The summed E-state index contributed by atoms with van der Waals surface area (Å²) in [5, 5.41) is 20.0. The van der Waals surface area contributed by atoms with E-state index in [9.17, 15) is 18.6 Å². The van der Waals surface area contributed by atoms with Crippen LogP contribution in [0.15, 0.2) is 58.8 Å². The van der Waals surface area contributed by atoms with Crippen LogP contribution in [-0.4, -0.2) is 48.5 Å². The molecule has 0 saturated carbocycles. The van der Waals surface area contributed by atoms with Crippen LogP contribution in [0, 0.1) is 0 Å². The summed E-state index contributed by atoms with van der Waals surface area (Å²) in [5.41, 5.74) is 2.04. The van der Waals surface area contributed by atoms with Gasteiger partial charge in [0.25, 0.3) is 10.0 Å². The molecule has 2 N–H and O–H groups in total. The van der Waals surface area contributed by atoms with E-state index in [1.165, 1.54) is 4.31 Å². The van der Waals surface area contributed by atoms with Crippen LogP contribution in [0.5, 0.6) is 0 Å². The lowest BCUT2D eigenvalue weighted by atomic mass is 10.0. The first-order valence-corrected chi connectivity index (χ1v) is 11.9. The van der Waals surface area contributed by atoms with Crippen molar-refractivity contribution in [2.24, 2.45) is 0 Å². The molecule has 30 heavy (non-hydrogen) atoms. The number of ether oxygens (including phenoxy) is 2. The van der Waals surface area contributed by atoms with Gasteiger partial charge in [0, 0.05) is 5.56 Å². The Morgan fingerprint density at radius 3 is 2.50 bits per heavy atom. The second kappa shape index (κ2) is 7.28. The summed E-state index contributed by atoms with van der Waals surface area (Å²) >= 11 is 0.988. The fourth-order valence-corrected chi connectivity index (χ4v) is 7.41. The second-order valence-corrected chi connectivity index (χ2v) is 10.8. The molecule has 3 heterocycles. The maximum absolute atomic E-state index is 13.6. The number of rotatable bonds is 2. The van der Waals surface area contributed by atoms with Crippen molar-refractivity contribution in [1.29, 1.82) is 0 Å². The number of anilines is 1. The lowest BCUT2D eigenvalue weighted by Gasteiger charge is -2.46. The van der Waals surface area contributed by atoms with E-state index in [1.54, 1.807) is 19.1 Å². The molecule has 0 aliphatic carbocycles. The molecule has 158 valence electrons. The number of para-hydroxylation sites is 1. The van der Waals surface area contributed by atoms with Crippen molar-refractivity contribution < 1.29 is 28.1 Å². The van der Waals surface area contributed by atoms with E-state index in [1.807, 2.05) is 42.5 Å². The van der Waals surface area contributed by atoms with Gasteiger partial charge >= 0.3 is 0 Å². The van der Waals surface area contributed by atoms with Gasteiger partial charge < -0.3 is 19.7 Å². The Kier molecular flexibility index (Phi) is 4.83. The monoisotopic (exact) mass is 447 g/mol. The van der Waals surface area contributed by atoms with Gasteiger partial charge in [0.15, 0.2) is 10.00 Å². The predicted octanol–water partition coefficient (Wildman–Crippen LogP) is 2.26. The van der Waals surface area contributed by atoms with Crippen molar-refractivity contribution in [2.75, 3.05) is 4.31 Å². The Bertz CT molecular complexity index is 1100. The van der Waals surface area contributed by atoms with Crippen LogP contribution in [0.4, 0.5) is 5.69 Å². The maximum atomic E-state index is 13.6. The molecule has 5 rings (SSSR count). The van der Waals surface area contributed by atoms with Gasteiger partial charge in [0.2, 0.25) is 6.29 Å². The van der Waals surface area contributed by atoms with Crippen LogP contribution in [0.2, 0.25) is 0 Å². The highest BCUT2D eigenvalue weighted by Crippen LogP contribution is 2.52. The summed E-state index contributed by atoms with van der Waals surface area (Å²) in [5.74, 6) is 0.233. The van der Waals surface area contributed by atoms with Gasteiger partial charge in [-0.05, 0) is 24.6 Å². The first kappa shape index (κ1) is 19.9. The summed E-state index contributed by atoms with van der Waals surface area (Å²) in [6.07, 6.45) is -3.78. The van der Waals surface area contributed by atoms with Gasteiger partial charge in [0.1, 0.15) is 17.5 Å². The third-order valence-electron chi connectivity index (χ3n) is 5.56. The van der Waals surface area contributed by atoms with Gasteiger partial charge in [-0.25, -0.2) is 8.42 Å². The highest BCUT2D eigenvalue weighted by Gasteiger charge is 2.52. The molecule has 1 saturated heterocycles. The molecule has 5 unspecified atom stereocenters. The summed E-state index contributed by atoms with van der Waals surface area (Å²) in [6.45, 7) is 1.82. The van der Waals surface area contributed by atoms with Gasteiger partial charge in [-0.1, -0.05) is 54.2 Å². The molecule has 2 aromatic rings. The van der Waals surface area contributed by atoms with Crippen molar-refractivity contribution in [1.82, 2.24) is 0 Å². The number of fused-ring (bicyclic) bond motifs is 3. The molecular weight excluding hydrogens is 426 g/mol. The second-order valence-electron chi connectivity index (χ2n) is 7.52. The number of sulfonamides is 1. The van der Waals surface area contributed by atoms with E-state index in [4.69, 9.17) is 9.47 Å². The summed E-state index contributed by atoms with van der Waals surface area (Å²) in [7, 11) is -3.94. The molecule has 2 aromatic carbocycles. The third-order valence-corrected chi connectivity index (χ3v) is 9.21. The van der Waals surface area contributed by atoms with Gasteiger partial charge in [0.05, 0.1) is 18.3 Å². The normalized spacial score (nSPS) is 32.0. The van der Waals surface area contributed by atoms with E-state index in [-0.39, 0.29) is 16.5 Å². The SMILES string of the molecule is CC1OC2OC3=C(SC2C(O)C1O)S(=O)(=O)N(Cc1ccccc1)c1ccccc13. The van der Waals surface area contributed by atoms with Crippen LogP contribution < -0.4 is 4.31 Å². The number of thioether (sulfide) groups is 1.